The fraction of sp³-hybridized carbons (Fsp3) is 0.286. The molecule has 0 unspecified atom stereocenters. The fourth-order valence-corrected chi connectivity index (χ4v) is 4.79. The lowest BCUT2D eigenvalue weighted by molar-refractivity contribution is -0.384. The lowest BCUT2D eigenvalue weighted by Gasteiger charge is -2.23. The van der Waals surface area contributed by atoms with Gasteiger partial charge in [-0.3, -0.25) is 14.4 Å². The zero-order valence-corrected chi connectivity index (χ0v) is 18.2. The number of aromatic nitrogens is 2. The third-order valence-corrected chi connectivity index (χ3v) is 6.80. The molecule has 10 heteroatoms. The van der Waals surface area contributed by atoms with E-state index in [9.17, 15) is 18.5 Å². The molecule has 164 valence electrons. The van der Waals surface area contributed by atoms with Crippen molar-refractivity contribution in [1.82, 2.24) is 9.55 Å². The van der Waals surface area contributed by atoms with Gasteiger partial charge in [0.1, 0.15) is 11.5 Å². The molecule has 1 aromatic heterocycles. The van der Waals surface area contributed by atoms with Gasteiger partial charge in [0.2, 0.25) is 0 Å². The van der Waals surface area contributed by atoms with Gasteiger partial charge in [-0.1, -0.05) is 18.2 Å². The Labute approximate surface area is 181 Å². The van der Waals surface area contributed by atoms with E-state index in [0.717, 1.165) is 24.9 Å². The van der Waals surface area contributed by atoms with Crippen molar-refractivity contribution < 1.29 is 13.3 Å². The molecule has 2 aromatic carbocycles. The molecule has 0 radical (unpaired) electrons. The standard InChI is InChI=1S/C21H25N5O4S/c1-3-25(18-8-5-4-6-9-18)31(29,30)19-10-11-20(21(16-19)26(27)28)23-12-7-14-24-15-13-22-17(24)2/h4-6,8-11,13,15-16,23H,3,7,12,14H2,1-2H3. The molecule has 3 aromatic rings. The number of nitro groups is 1. The van der Waals surface area contributed by atoms with Crippen LogP contribution in [-0.4, -0.2) is 36.0 Å². The average molecular weight is 444 g/mol. The van der Waals surface area contributed by atoms with Gasteiger partial charge < -0.3 is 9.88 Å². The number of sulfonamides is 1. The SMILES string of the molecule is CCN(c1ccccc1)S(=O)(=O)c1ccc(NCCCn2ccnc2C)c([N+](=O)[O-])c1. The van der Waals surface area contributed by atoms with Crippen molar-refractivity contribution in [2.45, 2.75) is 31.7 Å². The monoisotopic (exact) mass is 443 g/mol. The summed E-state index contributed by atoms with van der Waals surface area (Å²) in [5.41, 5.74) is 0.516. The molecule has 0 amide bonds. The molecule has 1 N–H and O–H groups in total. The Morgan fingerprint density at radius 3 is 2.55 bits per heavy atom. The van der Waals surface area contributed by atoms with Gasteiger partial charge in [-0.2, -0.15) is 0 Å². The molecule has 0 saturated carbocycles. The topological polar surface area (TPSA) is 110 Å². The van der Waals surface area contributed by atoms with E-state index in [1.165, 1.54) is 16.4 Å². The Bertz CT molecular complexity index is 1150. The number of rotatable bonds is 10. The first kappa shape index (κ1) is 22.3. The summed E-state index contributed by atoms with van der Waals surface area (Å²) in [7, 11) is -3.95. The number of nitrogens with one attached hydrogen (secondary N) is 1. The minimum Gasteiger partial charge on any atom is -0.379 e. The predicted molar refractivity (Wildman–Crippen MR) is 120 cm³/mol. The molecular weight excluding hydrogens is 418 g/mol. The van der Waals surface area contributed by atoms with E-state index in [-0.39, 0.29) is 22.8 Å². The number of anilines is 2. The molecular formula is C21H25N5O4S. The van der Waals surface area contributed by atoms with E-state index in [0.29, 0.717) is 12.2 Å². The van der Waals surface area contributed by atoms with Crippen LogP contribution in [0.5, 0.6) is 0 Å². The molecule has 0 spiro atoms. The van der Waals surface area contributed by atoms with Gasteiger partial charge >= 0.3 is 0 Å². The van der Waals surface area contributed by atoms with Gasteiger partial charge in [0.05, 0.1) is 15.5 Å². The Hall–Kier alpha value is -3.40. The molecule has 31 heavy (non-hydrogen) atoms. The second-order valence-corrected chi connectivity index (χ2v) is 8.75. The van der Waals surface area contributed by atoms with Crippen LogP contribution in [0.1, 0.15) is 19.2 Å². The minimum atomic E-state index is -3.95. The highest BCUT2D eigenvalue weighted by Gasteiger charge is 2.27. The molecule has 0 bridgehead atoms. The number of nitro benzene ring substituents is 1. The Morgan fingerprint density at radius 2 is 1.94 bits per heavy atom. The molecule has 0 saturated heterocycles. The Balaban J connectivity index is 1.79. The summed E-state index contributed by atoms with van der Waals surface area (Å²) in [5.74, 6) is 0.902. The second-order valence-electron chi connectivity index (χ2n) is 6.89. The third-order valence-electron chi connectivity index (χ3n) is 4.90. The van der Waals surface area contributed by atoms with E-state index < -0.39 is 14.9 Å². The molecule has 0 atom stereocenters. The maximum atomic E-state index is 13.1. The highest BCUT2D eigenvalue weighted by molar-refractivity contribution is 7.92. The van der Waals surface area contributed by atoms with Crippen LogP contribution in [-0.2, 0) is 16.6 Å². The number of aryl methyl sites for hydroxylation is 2. The smallest absolute Gasteiger partial charge is 0.293 e. The third kappa shape index (κ3) is 5.02. The van der Waals surface area contributed by atoms with Gasteiger partial charge in [-0.05, 0) is 44.5 Å². The van der Waals surface area contributed by atoms with Crippen LogP contribution in [0.2, 0.25) is 0 Å². The van der Waals surface area contributed by atoms with Gasteiger partial charge in [0.25, 0.3) is 15.7 Å². The average Bonchev–Trinajstić information content (AvgIpc) is 3.17. The van der Waals surface area contributed by atoms with Crippen LogP contribution in [0, 0.1) is 17.0 Å². The van der Waals surface area contributed by atoms with Crippen LogP contribution in [0.25, 0.3) is 0 Å². The van der Waals surface area contributed by atoms with Gasteiger partial charge in [-0.25, -0.2) is 13.4 Å². The van der Waals surface area contributed by atoms with E-state index in [2.05, 4.69) is 10.3 Å². The second kappa shape index (κ2) is 9.61. The molecule has 3 rings (SSSR count). The van der Waals surface area contributed by atoms with Crippen LogP contribution in [0.3, 0.4) is 0 Å². The van der Waals surface area contributed by atoms with Gasteiger partial charge in [0, 0.05) is 38.1 Å². The Morgan fingerprint density at radius 1 is 1.19 bits per heavy atom. The normalized spacial score (nSPS) is 11.3. The van der Waals surface area contributed by atoms with Crippen molar-refractivity contribution in [3.8, 4) is 0 Å². The van der Waals surface area contributed by atoms with E-state index >= 15 is 0 Å². The highest BCUT2D eigenvalue weighted by atomic mass is 32.2. The first-order valence-electron chi connectivity index (χ1n) is 9.92. The minimum absolute atomic E-state index is 0.121. The van der Waals surface area contributed by atoms with Crippen molar-refractivity contribution in [1.29, 1.82) is 0 Å². The van der Waals surface area contributed by atoms with E-state index in [4.69, 9.17) is 0 Å². The molecule has 0 aliphatic carbocycles. The zero-order chi connectivity index (χ0) is 22.4. The summed E-state index contributed by atoms with van der Waals surface area (Å²) >= 11 is 0. The Kier molecular flexibility index (Phi) is 6.91. The van der Waals surface area contributed by atoms with Crippen molar-refractivity contribution in [2.24, 2.45) is 0 Å². The van der Waals surface area contributed by atoms with Crippen LogP contribution in [0.4, 0.5) is 17.1 Å². The zero-order valence-electron chi connectivity index (χ0n) is 17.4. The summed E-state index contributed by atoms with van der Waals surface area (Å²) < 4.78 is 29.5. The van der Waals surface area contributed by atoms with E-state index in [1.54, 1.807) is 43.5 Å². The van der Waals surface area contributed by atoms with Crippen LogP contribution >= 0.6 is 0 Å². The highest BCUT2D eigenvalue weighted by Crippen LogP contribution is 2.30. The number of hydrogen-bond acceptors (Lipinski definition) is 6. The van der Waals surface area contributed by atoms with Crippen LogP contribution in [0.15, 0.2) is 65.8 Å². The lowest BCUT2D eigenvalue weighted by Crippen LogP contribution is -2.30. The van der Waals surface area contributed by atoms with E-state index in [1.807, 2.05) is 17.7 Å². The van der Waals surface area contributed by atoms with Crippen molar-refractivity contribution in [3.05, 3.63) is 76.9 Å². The fourth-order valence-electron chi connectivity index (χ4n) is 3.30. The summed E-state index contributed by atoms with van der Waals surface area (Å²) in [6, 6.07) is 12.6. The van der Waals surface area contributed by atoms with Crippen molar-refractivity contribution >= 4 is 27.1 Å². The number of para-hydroxylation sites is 1. The van der Waals surface area contributed by atoms with Crippen LogP contribution < -0.4 is 9.62 Å². The summed E-state index contributed by atoms with van der Waals surface area (Å²) in [6.45, 7) is 5.05. The van der Waals surface area contributed by atoms with Gasteiger partial charge in [0.15, 0.2) is 0 Å². The lowest BCUT2D eigenvalue weighted by atomic mass is 10.2. The van der Waals surface area contributed by atoms with Crippen molar-refractivity contribution in [2.75, 3.05) is 22.7 Å². The molecule has 1 heterocycles. The molecule has 0 aliphatic rings. The number of benzene rings is 2. The number of nitrogens with zero attached hydrogens (tertiary/aromatic N) is 4. The maximum Gasteiger partial charge on any atom is 0.293 e. The summed E-state index contributed by atoms with van der Waals surface area (Å²) in [4.78, 5) is 15.1. The quantitative estimate of drug-likeness (QED) is 0.290. The molecule has 0 aliphatic heterocycles. The predicted octanol–water partition coefficient (Wildman–Crippen LogP) is 3.82. The maximum absolute atomic E-state index is 13.1. The first-order chi connectivity index (χ1) is 14.8. The number of imidazole rings is 1. The largest absolute Gasteiger partial charge is 0.379 e. The first-order valence-corrected chi connectivity index (χ1v) is 11.4. The summed E-state index contributed by atoms with van der Waals surface area (Å²) in [5, 5.41) is 14.7. The molecule has 0 fully saturated rings. The number of hydrogen-bond donors (Lipinski definition) is 1. The van der Waals surface area contributed by atoms with Crippen molar-refractivity contribution in [3.63, 3.8) is 0 Å². The molecule has 9 nitrogen and oxygen atoms in total. The summed E-state index contributed by atoms with van der Waals surface area (Å²) in [6.07, 6.45) is 4.33. The van der Waals surface area contributed by atoms with Gasteiger partial charge in [-0.15, -0.1) is 0 Å².